The maximum Gasteiger partial charge on any atom is 0.311 e. The van der Waals surface area contributed by atoms with E-state index in [0.29, 0.717) is 4.83 Å². The number of carbonyl (C=O) groups is 1. The van der Waals surface area contributed by atoms with Crippen LogP contribution >= 0.6 is 15.9 Å². The summed E-state index contributed by atoms with van der Waals surface area (Å²) in [6, 6.07) is 0. The Bertz CT molecular complexity index is 171. The molecule has 1 rings (SSSR count). The molecule has 0 atom stereocenters. The Kier molecular flexibility index (Phi) is 3.16. The van der Waals surface area contributed by atoms with Gasteiger partial charge >= 0.3 is 5.97 Å². The first-order chi connectivity index (χ1) is 5.58. The van der Waals surface area contributed by atoms with Crippen LogP contribution in [0.2, 0.25) is 0 Å². The molecular weight excluding hydrogens is 220 g/mol. The van der Waals surface area contributed by atoms with Crippen molar-refractivity contribution in [3.63, 3.8) is 0 Å². The summed E-state index contributed by atoms with van der Waals surface area (Å²) in [5.41, 5.74) is -0.223. The molecule has 1 fully saturated rings. The van der Waals surface area contributed by atoms with Crippen LogP contribution in [-0.4, -0.2) is 17.9 Å². The molecule has 0 aromatic carbocycles. The molecule has 0 aromatic rings. The molecule has 0 heterocycles. The minimum absolute atomic E-state index is 0.0538. The maximum atomic E-state index is 11.4. The fourth-order valence-electron chi connectivity index (χ4n) is 1.67. The second-order valence-corrected chi connectivity index (χ2v) is 5.02. The number of esters is 1. The van der Waals surface area contributed by atoms with Crippen molar-refractivity contribution in [2.75, 3.05) is 7.11 Å². The van der Waals surface area contributed by atoms with Crippen LogP contribution in [0.1, 0.15) is 32.6 Å². The van der Waals surface area contributed by atoms with E-state index in [-0.39, 0.29) is 11.4 Å². The molecule has 0 aromatic heterocycles. The Morgan fingerprint density at radius 1 is 1.50 bits per heavy atom. The summed E-state index contributed by atoms with van der Waals surface area (Å²) in [5.74, 6) is -0.0538. The SMILES string of the molecule is COC(=O)C1(C)CCC(Br)CC1. The molecule has 1 aliphatic carbocycles. The molecule has 0 spiro atoms. The van der Waals surface area contributed by atoms with Gasteiger partial charge in [0.1, 0.15) is 0 Å². The van der Waals surface area contributed by atoms with Gasteiger partial charge in [-0.15, -0.1) is 0 Å². The van der Waals surface area contributed by atoms with Crippen molar-refractivity contribution in [3.05, 3.63) is 0 Å². The monoisotopic (exact) mass is 234 g/mol. The molecule has 0 radical (unpaired) electrons. The highest BCUT2D eigenvalue weighted by atomic mass is 79.9. The number of methoxy groups -OCH3 is 1. The molecule has 12 heavy (non-hydrogen) atoms. The third kappa shape index (κ3) is 2.00. The van der Waals surface area contributed by atoms with E-state index in [9.17, 15) is 4.79 Å². The lowest BCUT2D eigenvalue weighted by Crippen LogP contribution is -2.33. The number of rotatable bonds is 1. The van der Waals surface area contributed by atoms with Gasteiger partial charge < -0.3 is 4.74 Å². The van der Waals surface area contributed by atoms with Gasteiger partial charge in [0.2, 0.25) is 0 Å². The Morgan fingerprint density at radius 2 is 2.00 bits per heavy atom. The number of alkyl halides is 1. The van der Waals surface area contributed by atoms with Gasteiger partial charge in [0.15, 0.2) is 0 Å². The number of ether oxygens (including phenoxy) is 1. The van der Waals surface area contributed by atoms with Gasteiger partial charge in [0.25, 0.3) is 0 Å². The van der Waals surface area contributed by atoms with Crippen LogP contribution in [0.25, 0.3) is 0 Å². The number of halogens is 1. The van der Waals surface area contributed by atoms with E-state index < -0.39 is 0 Å². The van der Waals surface area contributed by atoms with Crippen molar-refractivity contribution < 1.29 is 9.53 Å². The summed E-state index contributed by atoms with van der Waals surface area (Å²) >= 11 is 3.56. The zero-order valence-corrected chi connectivity index (χ0v) is 9.19. The summed E-state index contributed by atoms with van der Waals surface area (Å²) in [5, 5.41) is 0. The lowest BCUT2D eigenvalue weighted by molar-refractivity contribution is -0.153. The minimum Gasteiger partial charge on any atom is -0.469 e. The lowest BCUT2D eigenvalue weighted by Gasteiger charge is -2.32. The van der Waals surface area contributed by atoms with Crippen LogP contribution in [0.3, 0.4) is 0 Å². The standard InChI is InChI=1S/C9H15BrO2/c1-9(8(11)12-2)5-3-7(10)4-6-9/h7H,3-6H2,1-2H3. The molecular formula is C9H15BrO2. The highest BCUT2D eigenvalue weighted by molar-refractivity contribution is 9.09. The van der Waals surface area contributed by atoms with Gasteiger partial charge in [0.05, 0.1) is 12.5 Å². The predicted molar refractivity (Wildman–Crippen MR) is 51.3 cm³/mol. The Balaban J connectivity index is 2.55. The molecule has 1 saturated carbocycles. The first-order valence-corrected chi connectivity index (χ1v) is 5.22. The van der Waals surface area contributed by atoms with Crippen molar-refractivity contribution in [1.82, 2.24) is 0 Å². The molecule has 1 aliphatic rings. The summed E-state index contributed by atoms with van der Waals surface area (Å²) in [6.07, 6.45) is 4.03. The van der Waals surface area contributed by atoms with E-state index in [2.05, 4.69) is 15.9 Å². The predicted octanol–water partition coefficient (Wildman–Crippen LogP) is 2.50. The first kappa shape index (κ1) is 10.0. The third-order valence-corrected chi connectivity index (χ3v) is 3.61. The van der Waals surface area contributed by atoms with E-state index in [1.54, 1.807) is 0 Å². The number of hydrogen-bond donors (Lipinski definition) is 0. The summed E-state index contributed by atoms with van der Waals surface area (Å²) in [6.45, 7) is 2.00. The molecule has 0 saturated heterocycles. The third-order valence-electron chi connectivity index (χ3n) is 2.70. The molecule has 0 amide bonds. The molecule has 0 unspecified atom stereocenters. The molecule has 0 N–H and O–H groups in total. The Morgan fingerprint density at radius 3 is 2.42 bits per heavy atom. The van der Waals surface area contributed by atoms with Crippen LogP contribution in [0, 0.1) is 5.41 Å². The van der Waals surface area contributed by atoms with Gasteiger partial charge in [-0.1, -0.05) is 15.9 Å². The van der Waals surface area contributed by atoms with Gasteiger partial charge in [-0.3, -0.25) is 4.79 Å². The second-order valence-electron chi connectivity index (χ2n) is 3.73. The van der Waals surface area contributed by atoms with Crippen LogP contribution in [0.4, 0.5) is 0 Å². The number of hydrogen-bond acceptors (Lipinski definition) is 2. The van der Waals surface area contributed by atoms with Crippen molar-refractivity contribution >= 4 is 21.9 Å². The van der Waals surface area contributed by atoms with Crippen molar-refractivity contribution in [1.29, 1.82) is 0 Å². The summed E-state index contributed by atoms with van der Waals surface area (Å²) in [7, 11) is 1.47. The normalized spacial score (nSPS) is 36.1. The van der Waals surface area contributed by atoms with E-state index in [1.807, 2.05) is 6.92 Å². The zero-order chi connectivity index (χ0) is 9.19. The molecule has 2 nitrogen and oxygen atoms in total. The fourth-order valence-corrected chi connectivity index (χ4v) is 2.13. The summed E-state index contributed by atoms with van der Waals surface area (Å²) in [4.78, 5) is 12.0. The Labute approximate surface area is 81.8 Å². The van der Waals surface area contributed by atoms with E-state index >= 15 is 0 Å². The summed E-state index contributed by atoms with van der Waals surface area (Å²) < 4.78 is 4.77. The topological polar surface area (TPSA) is 26.3 Å². The quantitative estimate of drug-likeness (QED) is 0.515. The lowest BCUT2D eigenvalue weighted by atomic mass is 9.76. The van der Waals surface area contributed by atoms with Crippen LogP contribution in [0.5, 0.6) is 0 Å². The molecule has 0 bridgehead atoms. The average molecular weight is 235 g/mol. The molecule has 3 heteroatoms. The highest BCUT2D eigenvalue weighted by Crippen LogP contribution is 2.39. The van der Waals surface area contributed by atoms with Crippen LogP contribution in [0.15, 0.2) is 0 Å². The van der Waals surface area contributed by atoms with Crippen LogP contribution < -0.4 is 0 Å². The van der Waals surface area contributed by atoms with E-state index in [1.165, 1.54) is 7.11 Å². The smallest absolute Gasteiger partial charge is 0.311 e. The average Bonchev–Trinajstić information content (AvgIpc) is 2.09. The van der Waals surface area contributed by atoms with Crippen molar-refractivity contribution in [3.8, 4) is 0 Å². The molecule has 70 valence electrons. The van der Waals surface area contributed by atoms with Gasteiger partial charge in [-0.05, 0) is 32.6 Å². The largest absolute Gasteiger partial charge is 0.469 e. The van der Waals surface area contributed by atoms with E-state index in [4.69, 9.17) is 4.74 Å². The van der Waals surface area contributed by atoms with Gasteiger partial charge in [0, 0.05) is 4.83 Å². The molecule has 0 aliphatic heterocycles. The van der Waals surface area contributed by atoms with Crippen molar-refractivity contribution in [2.24, 2.45) is 5.41 Å². The van der Waals surface area contributed by atoms with E-state index in [0.717, 1.165) is 25.7 Å². The zero-order valence-electron chi connectivity index (χ0n) is 7.60. The van der Waals surface area contributed by atoms with Crippen LogP contribution in [-0.2, 0) is 9.53 Å². The van der Waals surface area contributed by atoms with Gasteiger partial charge in [-0.2, -0.15) is 0 Å². The van der Waals surface area contributed by atoms with Gasteiger partial charge in [-0.25, -0.2) is 0 Å². The van der Waals surface area contributed by atoms with Crippen molar-refractivity contribution in [2.45, 2.75) is 37.4 Å². The number of carbonyl (C=O) groups excluding carboxylic acids is 1. The fraction of sp³-hybridized carbons (Fsp3) is 0.889. The minimum atomic E-state index is -0.223. The highest BCUT2D eigenvalue weighted by Gasteiger charge is 2.37. The second kappa shape index (κ2) is 3.77. The Hall–Kier alpha value is -0.0500. The first-order valence-electron chi connectivity index (χ1n) is 4.31. The maximum absolute atomic E-state index is 11.4.